The molecule has 3 aromatic heterocycles. The summed E-state index contributed by atoms with van der Waals surface area (Å²) in [7, 11) is 0. The molecule has 10 nitrogen and oxygen atoms in total. The van der Waals surface area contributed by atoms with Gasteiger partial charge in [0.2, 0.25) is 5.95 Å². The number of anilines is 1. The van der Waals surface area contributed by atoms with Crippen molar-refractivity contribution in [2.75, 3.05) is 31.2 Å². The first-order valence-electron chi connectivity index (χ1n) is 12.5. The molecule has 2 aliphatic rings. The number of hydrogen-bond donors (Lipinski definition) is 2. The Kier molecular flexibility index (Phi) is 5.87. The minimum absolute atomic E-state index is 0.0175. The van der Waals surface area contributed by atoms with Crippen LogP contribution in [0.1, 0.15) is 38.8 Å². The van der Waals surface area contributed by atoms with Crippen molar-refractivity contribution in [2.45, 2.75) is 51.5 Å². The number of aliphatic hydroxyl groups excluding tert-OH is 2. The van der Waals surface area contributed by atoms with Crippen molar-refractivity contribution in [3.05, 3.63) is 30.9 Å². The molecule has 6 rings (SSSR count). The molecular formula is C25H31N7O3. The molecule has 0 radical (unpaired) electrons. The molecule has 2 aliphatic heterocycles. The average Bonchev–Trinajstić information content (AvgIpc) is 3.52. The zero-order chi connectivity index (χ0) is 23.9. The molecular weight excluding hydrogens is 446 g/mol. The number of aliphatic hydroxyl groups is 2. The molecule has 0 bridgehead atoms. The maximum atomic E-state index is 10.6. The second-order valence-electron chi connectivity index (χ2n) is 9.50. The van der Waals surface area contributed by atoms with Crippen molar-refractivity contribution in [3.63, 3.8) is 0 Å². The van der Waals surface area contributed by atoms with Crippen LogP contribution in [0.15, 0.2) is 30.9 Å². The molecule has 2 N–H and O–H groups in total. The van der Waals surface area contributed by atoms with Gasteiger partial charge in [0.25, 0.3) is 0 Å². The number of aryl methyl sites for hydroxylation is 1. The van der Waals surface area contributed by atoms with E-state index >= 15 is 0 Å². The first-order chi connectivity index (χ1) is 17.2. The highest BCUT2D eigenvalue weighted by Gasteiger charge is 2.30. The standard InChI is InChI=1S/C25H31N7O3/c1-2-30-14-26-18-11-16(6-7-19(18)30)22-23-24(32(15-27-23)21-5-3-4-10-35-21)29-25(28-22)31-9-8-17(13-33)20(34)12-31/h6-7,11,14-15,17,20-21,33-34H,2-5,8-10,12-13H2,1H3. The Labute approximate surface area is 203 Å². The molecule has 1 aromatic carbocycles. The number of hydrogen-bond acceptors (Lipinski definition) is 8. The lowest BCUT2D eigenvalue weighted by molar-refractivity contribution is -0.0298. The van der Waals surface area contributed by atoms with Crippen LogP contribution in [0.3, 0.4) is 0 Å². The predicted molar refractivity (Wildman–Crippen MR) is 132 cm³/mol. The van der Waals surface area contributed by atoms with Crippen molar-refractivity contribution < 1.29 is 14.9 Å². The van der Waals surface area contributed by atoms with E-state index in [9.17, 15) is 10.2 Å². The van der Waals surface area contributed by atoms with Crippen LogP contribution in [0, 0.1) is 5.92 Å². The normalized spacial score (nSPS) is 23.4. The highest BCUT2D eigenvalue weighted by molar-refractivity contribution is 5.91. The molecule has 0 spiro atoms. The number of piperidine rings is 1. The van der Waals surface area contributed by atoms with Crippen LogP contribution >= 0.6 is 0 Å². The maximum absolute atomic E-state index is 10.6. The van der Waals surface area contributed by atoms with E-state index in [1.807, 2.05) is 15.8 Å². The van der Waals surface area contributed by atoms with Gasteiger partial charge in [-0.05, 0) is 44.7 Å². The highest BCUT2D eigenvalue weighted by Crippen LogP contribution is 2.33. The molecule has 184 valence electrons. The molecule has 4 aromatic rings. The van der Waals surface area contributed by atoms with Crippen LogP contribution in [-0.2, 0) is 11.3 Å². The van der Waals surface area contributed by atoms with E-state index in [0.717, 1.165) is 65.9 Å². The summed E-state index contributed by atoms with van der Waals surface area (Å²) in [6, 6.07) is 6.19. The van der Waals surface area contributed by atoms with Gasteiger partial charge in [-0.3, -0.25) is 4.57 Å². The Morgan fingerprint density at radius 3 is 2.80 bits per heavy atom. The zero-order valence-electron chi connectivity index (χ0n) is 19.9. The number of imidazole rings is 2. The minimum Gasteiger partial charge on any atom is -0.396 e. The molecule has 5 heterocycles. The van der Waals surface area contributed by atoms with E-state index < -0.39 is 6.10 Å². The number of nitrogens with zero attached hydrogens (tertiary/aromatic N) is 7. The molecule has 0 amide bonds. The monoisotopic (exact) mass is 477 g/mol. The van der Waals surface area contributed by atoms with E-state index in [0.29, 0.717) is 25.5 Å². The Bertz CT molecular complexity index is 1340. The molecule has 0 saturated carbocycles. The quantitative estimate of drug-likeness (QED) is 0.451. The summed E-state index contributed by atoms with van der Waals surface area (Å²) in [4.78, 5) is 21.2. The summed E-state index contributed by atoms with van der Waals surface area (Å²) < 4.78 is 10.2. The van der Waals surface area contributed by atoms with E-state index in [2.05, 4.69) is 34.7 Å². The van der Waals surface area contributed by atoms with Gasteiger partial charge in [-0.2, -0.15) is 4.98 Å². The highest BCUT2D eigenvalue weighted by atomic mass is 16.5. The Balaban J connectivity index is 1.48. The summed E-state index contributed by atoms with van der Waals surface area (Å²) in [6.07, 6.45) is 6.71. The third-order valence-corrected chi connectivity index (χ3v) is 7.35. The predicted octanol–water partition coefficient (Wildman–Crippen LogP) is 2.74. The molecule has 2 fully saturated rings. The van der Waals surface area contributed by atoms with Gasteiger partial charge in [0.15, 0.2) is 5.65 Å². The molecule has 3 atom stereocenters. The number of β-amino-alcohol motifs (C(OH)–C–C–N with tert-alkyl or cyclic N) is 1. The van der Waals surface area contributed by atoms with Gasteiger partial charge >= 0.3 is 0 Å². The van der Waals surface area contributed by atoms with Crippen molar-refractivity contribution in [1.29, 1.82) is 0 Å². The van der Waals surface area contributed by atoms with Gasteiger partial charge in [0.1, 0.15) is 17.4 Å². The van der Waals surface area contributed by atoms with Gasteiger partial charge < -0.3 is 24.4 Å². The van der Waals surface area contributed by atoms with Crippen molar-refractivity contribution in [1.82, 2.24) is 29.1 Å². The lowest BCUT2D eigenvalue weighted by Gasteiger charge is -2.35. The van der Waals surface area contributed by atoms with E-state index in [4.69, 9.17) is 19.7 Å². The smallest absolute Gasteiger partial charge is 0.228 e. The van der Waals surface area contributed by atoms with Crippen LogP contribution in [0.25, 0.3) is 33.5 Å². The molecule has 0 aliphatic carbocycles. The van der Waals surface area contributed by atoms with Crippen LogP contribution < -0.4 is 4.90 Å². The number of rotatable bonds is 5. The van der Waals surface area contributed by atoms with Gasteiger partial charge in [-0.25, -0.2) is 15.0 Å². The summed E-state index contributed by atoms with van der Waals surface area (Å²) in [6.45, 7) is 4.72. The Morgan fingerprint density at radius 1 is 1.11 bits per heavy atom. The van der Waals surface area contributed by atoms with Crippen molar-refractivity contribution >= 4 is 28.1 Å². The fourth-order valence-corrected chi connectivity index (χ4v) is 5.24. The largest absolute Gasteiger partial charge is 0.396 e. The summed E-state index contributed by atoms with van der Waals surface area (Å²) >= 11 is 0. The minimum atomic E-state index is -0.627. The van der Waals surface area contributed by atoms with Crippen LogP contribution in [0.4, 0.5) is 5.95 Å². The second-order valence-corrected chi connectivity index (χ2v) is 9.50. The van der Waals surface area contributed by atoms with E-state index in [-0.39, 0.29) is 18.8 Å². The SMILES string of the molecule is CCn1cnc2cc(-c3nc(N4CCC(CO)C(O)C4)nc4c3ncn4C3CCCCO3)ccc21. The molecule has 3 unspecified atom stereocenters. The topological polar surface area (TPSA) is 114 Å². The van der Waals surface area contributed by atoms with Gasteiger partial charge in [-0.1, -0.05) is 6.07 Å². The second kappa shape index (κ2) is 9.18. The Hall–Kier alpha value is -3.08. The Morgan fingerprint density at radius 2 is 2.03 bits per heavy atom. The number of aromatic nitrogens is 6. The van der Waals surface area contributed by atoms with E-state index in [1.165, 1.54) is 0 Å². The summed E-state index contributed by atoms with van der Waals surface area (Å²) in [5, 5.41) is 20.1. The first kappa shape index (κ1) is 22.4. The lowest BCUT2D eigenvalue weighted by Crippen LogP contribution is -2.45. The van der Waals surface area contributed by atoms with Crippen LogP contribution in [0.2, 0.25) is 0 Å². The van der Waals surface area contributed by atoms with Gasteiger partial charge in [0, 0.05) is 44.3 Å². The van der Waals surface area contributed by atoms with Crippen LogP contribution in [0.5, 0.6) is 0 Å². The number of ether oxygens (including phenoxy) is 1. The third kappa shape index (κ3) is 3.95. The lowest BCUT2D eigenvalue weighted by atomic mass is 9.95. The molecule has 10 heteroatoms. The number of fused-ring (bicyclic) bond motifs is 2. The summed E-state index contributed by atoms with van der Waals surface area (Å²) in [5.74, 6) is 0.436. The number of benzene rings is 1. The fraction of sp³-hybridized carbons (Fsp3) is 0.520. The molecule has 2 saturated heterocycles. The molecule has 35 heavy (non-hydrogen) atoms. The summed E-state index contributed by atoms with van der Waals surface area (Å²) in [5.41, 5.74) is 5.11. The first-order valence-corrected chi connectivity index (χ1v) is 12.5. The van der Waals surface area contributed by atoms with Gasteiger partial charge in [-0.15, -0.1) is 0 Å². The third-order valence-electron chi connectivity index (χ3n) is 7.35. The van der Waals surface area contributed by atoms with Crippen molar-refractivity contribution in [2.24, 2.45) is 5.92 Å². The van der Waals surface area contributed by atoms with Gasteiger partial charge in [0.05, 0.1) is 29.8 Å². The maximum Gasteiger partial charge on any atom is 0.228 e. The fourth-order valence-electron chi connectivity index (χ4n) is 5.24. The van der Waals surface area contributed by atoms with E-state index in [1.54, 1.807) is 6.33 Å². The van der Waals surface area contributed by atoms with Crippen LogP contribution in [-0.4, -0.2) is 71.7 Å². The average molecular weight is 478 g/mol. The zero-order valence-corrected chi connectivity index (χ0v) is 19.9. The van der Waals surface area contributed by atoms with Crippen molar-refractivity contribution in [3.8, 4) is 11.3 Å².